The van der Waals surface area contributed by atoms with E-state index in [2.05, 4.69) is 11.8 Å². The fourth-order valence-corrected chi connectivity index (χ4v) is 7.95. The van der Waals surface area contributed by atoms with E-state index in [1.165, 1.54) is 37.3 Å². The van der Waals surface area contributed by atoms with Crippen LogP contribution in [-0.2, 0) is 22.6 Å². The van der Waals surface area contributed by atoms with Crippen LogP contribution in [-0.4, -0.2) is 94.1 Å². The first-order valence-corrected chi connectivity index (χ1v) is 14.5. The van der Waals surface area contributed by atoms with E-state index in [1.54, 1.807) is 14.1 Å². The van der Waals surface area contributed by atoms with Crippen LogP contribution in [0.2, 0.25) is 0 Å². The third kappa shape index (κ3) is 4.24. The number of aliphatic hydroxyl groups excluding tert-OH is 2. The Hall–Kier alpha value is -3.41. The molecular formula is C31H41N3O8. The molecule has 4 atom stereocenters. The topological polar surface area (TPSA) is 174 Å². The van der Waals surface area contributed by atoms with E-state index in [9.17, 15) is 34.8 Å². The normalized spacial score (nSPS) is 28.4. The largest absolute Gasteiger partial charge is 0.510 e. The molecular weight excluding hydrogens is 542 g/mol. The number of aromatic hydroxyl groups is 1. The first-order chi connectivity index (χ1) is 19.7. The number of nitrogens with two attached hydrogens (primary N) is 1. The van der Waals surface area contributed by atoms with Crippen LogP contribution in [0.15, 0.2) is 28.7 Å². The van der Waals surface area contributed by atoms with Gasteiger partial charge in [0.25, 0.3) is 5.91 Å². The fourth-order valence-electron chi connectivity index (χ4n) is 7.95. The predicted octanol–water partition coefficient (Wildman–Crippen LogP) is 2.14. The van der Waals surface area contributed by atoms with Gasteiger partial charge in [0.1, 0.15) is 28.6 Å². The highest BCUT2D eigenvalue weighted by molar-refractivity contribution is 6.24. The lowest BCUT2D eigenvalue weighted by Crippen LogP contribution is -2.63. The van der Waals surface area contributed by atoms with Gasteiger partial charge in [-0.1, -0.05) is 13.3 Å². The van der Waals surface area contributed by atoms with Crippen molar-refractivity contribution in [3.05, 3.63) is 45.4 Å². The Kier molecular flexibility index (Phi) is 7.44. The quantitative estimate of drug-likeness (QED) is 0.285. The van der Waals surface area contributed by atoms with Gasteiger partial charge < -0.3 is 35.8 Å². The maximum Gasteiger partial charge on any atom is 0.255 e. The Balaban J connectivity index is 1.59. The first kappa shape index (κ1) is 30.1. The van der Waals surface area contributed by atoms with Gasteiger partial charge in [-0.3, -0.25) is 19.3 Å². The van der Waals surface area contributed by atoms with E-state index >= 15 is 0 Å². The number of phenolic OH excluding ortho intramolecular Hbond substituents is 1. The second-order valence-corrected chi connectivity index (χ2v) is 12.8. The number of methoxy groups -OCH3 is 1. The van der Waals surface area contributed by atoms with Crippen LogP contribution in [0.3, 0.4) is 0 Å². The number of primary amides is 1. The molecule has 0 radical (unpaired) electrons. The van der Waals surface area contributed by atoms with Crippen LogP contribution in [0.4, 0.5) is 0 Å². The minimum atomic E-state index is -2.66. The molecule has 1 aromatic carbocycles. The summed E-state index contributed by atoms with van der Waals surface area (Å²) in [5.41, 5.74) is 3.17. The van der Waals surface area contributed by atoms with Crippen molar-refractivity contribution in [1.29, 1.82) is 0 Å². The molecule has 5 rings (SSSR count). The summed E-state index contributed by atoms with van der Waals surface area (Å²) in [5, 5.41) is 45.3. The highest BCUT2D eigenvalue weighted by Crippen LogP contribution is 2.53. The fraction of sp³-hybridized carbons (Fsp3) is 0.581. The molecule has 0 spiro atoms. The molecule has 0 unspecified atom stereocenters. The number of amides is 1. The van der Waals surface area contributed by atoms with Gasteiger partial charge in [0.2, 0.25) is 5.78 Å². The summed E-state index contributed by atoms with van der Waals surface area (Å²) in [7, 11) is 6.74. The zero-order valence-corrected chi connectivity index (χ0v) is 24.9. The summed E-state index contributed by atoms with van der Waals surface area (Å²) < 4.78 is 5.83. The second-order valence-electron chi connectivity index (χ2n) is 12.8. The van der Waals surface area contributed by atoms with E-state index in [0.717, 1.165) is 18.5 Å². The van der Waals surface area contributed by atoms with Crippen LogP contribution in [0.1, 0.15) is 60.5 Å². The van der Waals surface area contributed by atoms with Crippen molar-refractivity contribution < 1.29 is 39.5 Å². The molecule has 6 N–H and O–H groups in total. The number of allylic oxidation sites excluding steroid dienone is 1. The molecule has 228 valence electrons. The Labute approximate surface area is 245 Å². The molecule has 0 aromatic heterocycles. The molecule has 11 nitrogen and oxygen atoms in total. The van der Waals surface area contributed by atoms with E-state index in [4.69, 9.17) is 10.5 Å². The smallest absolute Gasteiger partial charge is 0.255 e. The van der Waals surface area contributed by atoms with Gasteiger partial charge in [-0.05, 0) is 70.6 Å². The molecule has 1 aromatic rings. The summed E-state index contributed by atoms with van der Waals surface area (Å²) in [5.74, 6) is -6.25. The summed E-state index contributed by atoms with van der Waals surface area (Å²) in [6.07, 6.45) is 4.90. The molecule has 0 saturated heterocycles. The van der Waals surface area contributed by atoms with Crippen LogP contribution in [0.25, 0.3) is 0 Å². The molecule has 0 aliphatic heterocycles. The van der Waals surface area contributed by atoms with E-state index in [0.29, 0.717) is 23.3 Å². The maximum atomic E-state index is 13.9. The summed E-state index contributed by atoms with van der Waals surface area (Å²) in [6.45, 7) is 3.60. The number of Topliss-reactive ketones (excluding diaryl/α,β-unsaturated/α-hetero) is 2. The van der Waals surface area contributed by atoms with Gasteiger partial charge in [0, 0.05) is 35.7 Å². The number of likely N-dealkylation sites (N-methyl/N-ethyl adjacent to an activating group) is 1. The maximum absolute atomic E-state index is 13.9. The van der Waals surface area contributed by atoms with Crippen molar-refractivity contribution in [2.24, 2.45) is 23.0 Å². The number of fused-ring (bicyclic) bond motifs is 3. The van der Waals surface area contributed by atoms with Gasteiger partial charge >= 0.3 is 0 Å². The van der Waals surface area contributed by atoms with Gasteiger partial charge in [-0.2, -0.15) is 0 Å². The molecule has 0 bridgehead atoms. The predicted molar refractivity (Wildman–Crippen MR) is 153 cm³/mol. The number of ether oxygens (including phenoxy) is 1. The highest BCUT2D eigenvalue weighted by atomic mass is 16.5. The summed E-state index contributed by atoms with van der Waals surface area (Å²) >= 11 is 0. The van der Waals surface area contributed by atoms with Gasteiger partial charge in [-0.25, -0.2) is 0 Å². The van der Waals surface area contributed by atoms with Crippen molar-refractivity contribution in [2.45, 2.75) is 63.6 Å². The minimum Gasteiger partial charge on any atom is -0.510 e. The SMILES string of the molecule is CCC1(CN(C)Cc2cc(O)c3c(c2OC)C[C@H]2C[C@H]4[C@H](N(C)C)C(O)=C(C(N)=O)C(=O)[C@@]4(O)C(O)=C2C3=O)CCC1. The average molecular weight is 584 g/mol. The van der Waals surface area contributed by atoms with Gasteiger partial charge in [-0.15, -0.1) is 0 Å². The number of hydrogen-bond donors (Lipinski definition) is 5. The van der Waals surface area contributed by atoms with Crippen LogP contribution >= 0.6 is 0 Å². The monoisotopic (exact) mass is 583 g/mol. The second kappa shape index (κ2) is 10.4. The molecule has 1 amide bonds. The number of carbonyl (C=O) groups is 3. The van der Waals surface area contributed by atoms with E-state index in [1.807, 2.05) is 7.05 Å². The Morgan fingerprint density at radius 3 is 2.36 bits per heavy atom. The number of rotatable bonds is 8. The third-order valence-corrected chi connectivity index (χ3v) is 10.2. The Morgan fingerprint density at radius 1 is 1.17 bits per heavy atom. The number of ketones is 2. The molecule has 11 heteroatoms. The summed E-state index contributed by atoms with van der Waals surface area (Å²) in [6, 6.07) is 0.465. The van der Waals surface area contributed by atoms with Crippen LogP contribution in [0, 0.1) is 17.3 Å². The van der Waals surface area contributed by atoms with Crippen molar-refractivity contribution in [3.63, 3.8) is 0 Å². The number of aliphatic hydroxyl groups is 3. The van der Waals surface area contributed by atoms with Crippen molar-refractivity contribution >= 4 is 17.5 Å². The Bertz CT molecular complexity index is 1420. The molecule has 42 heavy (non-hydrogen) atoms. The zero-order chi connectivity index (χ0) is 30.9. The van der Waals surface area contributed by atoms with Crippen LogP contribution in [0.5, 0.6) is 11.5 Å². The third-order valence-electron chi connectivity index (χ3n) is 10.2. The molecule has 1 saturated carbocycles. The number of carbonyl (C=O) groups excluding carboxylic acids is 3. The molecule has 4 aliphatic rings. The molecule has 4 aliphatic carbocycles. The molecule has 1 fully saturated rings. The lowest BCUT2D eigenvalue weighted by molar-refractivity contribution is -0.148. The standard InChI is InChI=1S/C31H41N3O8/c1-6-30(8-7-9-30)14-34(4)13-16-12-19(35)21-17(26(16)42-5)10-15-11-18-23(33(2)3)25(37)22(29(32)40)28(39)31(18,41)27(38)20(15)24(21)36/h12,15,18,23,35,37-38,41H,6-11,13-14H2,1-5H3,(H2,32,40)/t15-,18-,23-,31-/m0/s1. The van der Waals surface area contributed by atoms with Crippen molar-refractivity contribution in [3.8, 4) is 11.5 Å². The van der Waals surface area contributed by atoms with Gasteiger partial charge in [0.15, 0.2) is 11.4 Å². The Morgan fingerprint density at radius 2 is 1.83 bits per heavy atom. The number of phenols is 1. The van der Waals surface area contributed by atoms with Gasteiger partial charge in [0.05, 0.1) is 18.7 Å². The lowest BCUT2D eigenvalue weighted by Gasteiger charge is -2.50. The average Bonchev–Trinajstić information content (AvgIpc) is 2.88. The number of hydrogen-bond acceptors (Lipinski definition) is 10. The zero-order valence-electron chi connectivity index (χ0n) is 24.9. The van der Waals surface area contributed by atoms with Crippen molar-refractivity contribution in [1.82, 2.24) is 9.80 Å². The molecule has 0 heterocycles. The van der Waals surface area contributed by atoms with Crippen LogP contribution < -0.4 is 10.5 Å². The van der Waals surface area contributed by atoms with E-state index < -0.39 is 58.0 Å². The number of nitrogens with zero attached hydrogens (tertiary/aromatic N) is 2. The van der Waals surface area contributed by atoms with E-state index in [-0.39, 0.29) is 29.7 Å². The lowest BCUT2D eigenvalue weighted by atomic mass is 9.58. The van der Waals surface area contributed by atoms with Crippen molar-refractivity contribution in [2.75, 3.05) is 34.8 Å². The first-order valence-electron chi connectivity index (χ1n) is 14.5. The summed E-state index contributed by atoms with van der Waals surface area (Å²) in [4.78, 5) is 43.3. The number of benzene rings is 1. The highest BCUT2D eigenvalue weighted by Gasteiger charge is 2.63. The minimum absolute atomic E-state index is 0.0266.